The van der Waals surface area contributed by atoms with Gasteiger partial charge in [-0.05, 0) is 26.3 Å². The fraction of sp³-hybridized carbons (Fsp3) is 0.385. The lowest BCUT2D eigenvalue weighted by atomic mass is 10.1. The van der Waals surface area contributed by atoms with Gasteiger partial charge in [-0.2, -0.15) is 0 Å². The first kappa shape index (κ1) is 11.0. The Labute approximate surface area is 86.4 Å². The van der Waals surface area contributed by atoms with Gasteiger partial charge in [0.2, 0.25) is 0 Å². The van der Waals surface area contributed by atoms with E-state index in [2.05, 4.69) is 43.3 Å². The fourth-order valence-electron chi connectivity index (χ4n) is 1.04. The highest BCUT2D eigenvalue weighted by molar-refractivity contribution is 5.50. The maximum absolute atomic E-state index is 5.30. The van der Waals surface area contributed by atoms with E-state index in [1.807, 2.05) is 13.8 Å². The molecule has 0 spiro atoms. The van der Waals surface area contributed by atoms with Crippen molar-refractivity contribution in [1.82, 2.24) is 0 Å². The molecular formula is C13H18O. The van der Waals surface area contributed by atoms with E-state index in [0.717, 1.165) is 0 Å². The monoisotopic (exact) mass is 190 g/mol. The largest absolute Gasteiger partial charge is 0.375 e. The van der Waals surface area contributed by atoms with Crippen LogP contribution in [0, 0.1) is 6.92 Å². The summed E-state index contributed by atoms with van der Waals surface area (Å²) in [5, 5.41) is 0. The van der Waals surface area contributed by atoms with E-state index >= 15 is 0 Å². The molecule has 0 aliphatic carbocycles. The summed E-state index contributed by atoms with van der Waals surface area (Å²) in [4.78, 5) is 0. The molecular weight excluding hydrogens is 172 g/mol. The molecule has 1 heteroatoms. The van der Waals surface area contributed by atoms with Crippen LogP contribution in [0.1, 0.15) is 25.0 Å². The van der Waals surface area contributed by atoms with Gasteiger partial charge < -0.3 is 4.74 Å². The summed E-state index contributed by atoms with van der Waals surface area (Å²) in [6.07, 6.45) is 4.15. The molecule has 0 bridgehead atoms. The zero-order valence-electron chi connectivity index (χ0n) is 9.37. The van der Waals surface area contributed by atoms with Crippen LogP contribution in [-0.2, 0) is 4.74 Å². The van der Waals surface area contributed by atoms with Crippen molar-refractivity contribution in [2.24, 2.45) is 0 Å². The van der Waals surface area contributed by atoms with Crippen LogP contribution in [0.2, 0.25) is 0 Å². The predicted octanol–water partition coefficient (Wildman–Crippen LogP) is 3.43. The van der Waals surface area contributed by atoms with Crippen LogP contribution in [0.15, 0.2) is 30.3 Å². The van der Waals surface area contributed by atoms with E-state index in [9.17, 15) is 0 Å². The number of ether oxygens (including phenoxy) is 1. The summed E-state index contributed by atoms with van der Waals surface area (Å²) in [7, 11) is 1.72. The van der Waals surface area contributed by atoms with Gasteiger partial charge in [0.15, 0.2) is 0 Å². The van der Waals surface area contributed by atoms with E-state index < -0.39 is 0 Å². The Balaban J connectivity index is 2.74. The van der Waals surface area contributed by atoms with Gasteiger partial charge in [0, 0.05) is 7.11 Å². The van der Waals surface area contributed by atoms with Crippen LogP contribution in [-0.4, -0.2) is 12.7 Å². The first-order valence-corrected chi connectivity index (χ1v) is 4.84. The second-order valence-corrected chi connectivity index (χ2v) is 4.05. The molecule has 0 aliphatic heterocycles. The molecule has 1 aromatic carbocycles. The van der Waals surface area contributed by atoms with Crippen LogP contribution in [0.3, 0.4) is 0 Å². The van der Waals surface area contributed by atoms with Crippen molar-refractivity contribution in [2.75, 3.05) is 7.11 Å². The highest BCUT2D eigenvalue weighted by Crippen LogP contribution is 2.12. The van der Waals surface area contributed by atoms with Crippen molar-refractivity contribution >= 4 is 6.08 Å². The van der Waals surface area contributed by atoms with Gasteiger partial charge in [-0.1, -0.05) is 42.0 Å². The first-order chi connectivity index (χ1) is 6.53. The van der Waals surface area contributed by atoms with Gasteiger partial charge in [-0.3, -0.25) is 0 Å². The Morgan fingerprint density at radius 2 is 1.71 bits per heavy atom. The van der Waals surface area contributed by atoms with E-state index in [4.69, 9.17) is 4.74 Å². The predicted molar refractivity (Wildman–Crippen MR) is 61.3 cm³/mol. The molecule has 0 amide bonds. The summed E-state index contributed by atoms with van der Waals surface area (Å²) in [5.41, 5.74) is 2.30. The SMILES string of the molecule is COC(C)(C)/C=C/c1ccc(C)cc1. The molecule has 1 aromatic rings. The van der Waals surface area contributed by atoms with Crippen LogP contribution < -0.4 is 0 Å². The number of hydrogen-bond donors (Lipinski definition) is 0. The second kappa shape index (κ2) is 4.43. The minimum Gasteiger partial charge on any atom is -0.375 e. The summed E-state index contributed by atoms with van der Waals surface area (Å²) in [6.45, 7) is 6.17. The number of rotatable bonds is 3. The Hall–Kier alpha value is -1.08. The maximum Gasteiger partial charge on any atom is 0.0805 e. The lowest BCUT2D eigenvalue weighted by Crippen LogP contribution is -2.18. The second-order valence-electron chi connectivity index (χ2n) is 4.05. The van der Waals surface area contributed by atoms with Crippen molar-refractivity contribution in [1.29, 1.82) is 0 Å². The number of benzene rings is 1. The molecule has 0 heterocycles. The Bertz CT molecular complexity index is 307. The highest BCUT2D eigenvalue weighted by atomic mass is 16.5. The lowest BCUT2D eigenvalue weighted by Gasteiger charge is -2.17. The van der Waals surface area contributed by atoms with Crippen molar-refractivity contribution in [3.8, 4) is 0 Å². The van der Waals surface area contributed by atoms with Crippen LogP contribution >= 0.6 is 0 Å². The molecule has 0 aliphatic rings. The Morgan fingerprint density at radius 1 is 1.14 bits per heavy atom. The molecule has 0 fully saturated rings. The molecule has 0 saturated heterocycles. The fourth-order valence-corrected chi connectivity index (χ4v) is 1.04. The van der Waals surface area contributed by atoms with E-state index in [1.165, 1.54) is 11.1 Å². The molecule has 1 rings (SSSR count). The highest BCUT2D eigenvalue weighted by Gasteiger charge is 2.09. The standard InChI is InChI=1S/C13H18O/c1-11-5-7-12(8-6-11)9-10-13(2,3)14-4/h5-10H,1-4H3/b10-9+. The average Bonchev–Trinajstić information content (AvgIpc) is 2.17. The zero-order valence-corrected chi connectivity index (χ0v) is 9.37. The third kappa shape index (κ3) is 3.35. The molecule has 0 atom stereocenters. The summed E-state index contributed by atoms with van der Waals surface area (Å²) < 4.78 is 5.30. The smallest absolute Gasteiger partial charge is 0.0805 e. The van der Waals surface area contributed by atoms with Crippen LogP contribution in [0.5, 0.6) is 0 Å². The van der Waals surface area contributed by atoms with Gasteiger partial charge in [0.25, 0.3) is 0 Å². The zero-order chi connectivity index (χ0) is 10.6. The Kier molecular flexibility index (Phi) is 3.48. The molecule has 0 radical (unpaired) electrons. The van der Waals surface area contributed by atoms with Gasteiger partial charge in [-0.25, -0.2) is 0 Å². The minimum absolute atomic E-state index is 0.190. The molecule has 76 valence electrons. The van der Waals surface area contributed by atoms with E-state index in [1.54, 1.807) is 7.11 Å². The summed E-state index contributed by atoms with van der Waals surface area (Å²) >= 11 is 0. The van der Waals surface area contributed by atoms with Gasteiger partial charge in [0.05, 0.1) is 5.60 Å². The third-order valence-corrected chi connectivity index (χ3v) is 2.28. The van der Waals surface area contributed by atoms with Crippen LogP contribution in [0.4, 0.5) is 0 Å². The third-order valence-electron chi connectivity index (χ3n) is 2.28. The average molecular weight is 190 g/mol. The van der Waals surface area contributed by atoms with Crippen molar-refractivity contribution in [3.63, 3.8) is 0 Å². The lowest BCUT2D eigenvalue weighted by molar-refractivity contribution is 0.0663. The quantitative estimate of drug-likeness (QED) is 0.709. The normalized spacial score (nSPS) is 12.3. The number of aryl methyl sites for hydroxylation is 1. The molecule has 0 unspecified atom stereocenters. The van der Waals surface area contributed by atoms with Crippen molar-refractivity contribution in [3.05, 3.63) is 41.5 Å². The molecule has 0 N–H and O–H groups in total. The molecule has 1 nitrogen and oxygen atoms in total. The van der Waals surface area contributed by atoms with Crippen molar-refractivity contribution in [2.45, 2.75) is 26.4 Å². The molecule has 14 heavy (non-hydrogen) atoms. The summed E-state index contributed by atoms with van der Waals surface area (Å²) in [5.74, 6) is 0. The minimum atomic E-state index is -0.190. The summed E-state index contributed by atoms with van der Waals surface area (Å²) in [6, 6.07) is 8.44. The van der Waals surface area contributed by atoms with Gasteiger partial charge in [0.1, 0.15) is 0 Å². The van der Waals surface area contributed by atoms with Gasteiger partial charge in [-0.15, -0.1) is 0 Å². The number of methoxy groups -OCH3 is 1. The Morgan fingerprint density at radius 3 is 2.21 bits per heavy atom. The van der Waals surface area contributed by atoms with Crippen molar-refractivity contribution < 1.29 is 4.74 Å². The topological polar surface area (TPSA) is 9.23 Å². The van der Waals surface area contributed by atoms with Gasteiger partial charge >= 0.3 is 0 Å². The van der Waals surface area contributed by atoms with Crippen LogP contribution in [0.25, 0.3) is 6.08 Å². The number of hydrogen-bond acceptors (Lipinski definition) is 1. The first-order valence-electron chi connectivity index (χ1n) is 4.84. The van der Waals surface area contributed by atoms with E-state index in [0.29, 0.717) is 0 Å². The maximum atomic E-state index is 5.30. The molecule has 0 saturated carbocycles. The molecule has 0 aromatic heterocycles. The van der Waals surface area contributed by atoms with E-state index in [-0.39, 0.29) is 5.60 Å².